The normalized spacial score (nSPS) is 10.8. The number of methoxy groups -OCH3 is 1. The minimum absolute atomic E-state index is 0.621. The van der Waals surface area contributed by atoms with Crippen LogP contribution in [-0.2, 0) is 11.3 Å². The fourth-order valence-corrected chi connectivity index (χ4v) is 1.65. The molecule has 0 saturated heterocycles. The first kappa shape index (κ1) is 12.9. The van der Waals surface area contributed by atoms with Crippen LogP contribution in [0.4, 0.5) is 0 Å². The molecule has 0 unspecified atom stereocenters. The monoisotopic (exact) mass is 258 g/mol. The zero-order valence-corrected chi connectivity index (χ0v) is 10.5. The van der Waals surface area contributed by atoms with Crippen molar-refractivity contribution in [3.05, 3.63) is 54.1 Å². The van der Waals surface area contributed by atoms with Crippen molar-refractivity contribution in [3.8, 4) is 5.75 Å². The van der Waals surface area contributed by atoms with Gasteiger partial charge in [0.05, 0.1) is 19.1 Å². The molecule has 19 heavy (non-hydrogen) atoms. The molecular formula is C14H14N2O3. The molecule has 98 valence electrons. The van der Waals surface area contributed by atoms with Crippen LogP contribution in [0.25, 0.3) is 6.08 Å². The maximum absolute atomic E-state index is 10.4. The Morgan fingerprint density at radius 2 is 2.16 bits per heavy atom. The predicted molar refractivity (Wildman–Crippen MR) is 71.0 cm³/mol. The summed E-state index contributed by atoms with van der Waals surface area (Å²) in [7, 11) is 1.63. The Bertz CT molecular complexity index is 585. The molecule has 0 amide bonds. The number of carboxylic acids is 1. The number of carboxylic acid groups (broad SMARTS) is 1. The number of benzene rings is 1. The van der Waals surface area contributed by atoms with Gasteiger partial charge in [0.25, 0.3) is 0 Å². The highest BCUT2D eigenvalue weighted by Crippen LogP contribution is 2.12. The van der Waals surface area contributed by atoms with Gasteiger partial charge in [-0.2, -0.15) is 0 Å². The van der Waals surface area contributed by atoms with Crippen LogP contribution in [0.3, 0.4) is 0 Å². The zero-order valence-electron chi connectivity index (χ0n) is 10.5. The predicted octanol–water partition coefficient (Wildman–Crippen LogP) is 2.04. The minimum atomic E-state index is -0.982. The van der Waals surface area contributed by atoms with Gasteiger partial charge in [-0.3, -0.25) is 0 Å². The van der Waals surface area contributed by atoms with Gasteiger partial charge in [0.1, 0.15) is 5.75 Å². The summed E-state index contributed by atoms with van der Waals surface area (Å²) in [5.74, 6) is -0.163. The molecule has 5 nitrogen and oxygen atoms in total. The second-order valence-corrected chi connectivity index (χ2v) is 3.99. The van der Waals surface area contributed by atoms with Crippen molar-refractivity contribution in [1.29, 1.82) is 0 Å². The van der Waals surface area contributed by atoms with E-state index in [-0.39, 0.29) is 0 Å². The summed E-state index contributed by atoms with van der Waals surface area (Å²) in [5.41, 5.74) is 1.74. The van der Waals surface area contributed by atoms with Crippen LogP contribution < -0.4 is 4.74 Å². The maximum atomic E-state index is 10.4. The summed E-state index contributed by atoms with van der Waals surface area (Å²) in [6, 6.07) is 7.76. The van der Waals surface area contributed by atoms with Gasteiger partial charge < -0.3 is 14.4 Å². The highest BCUT2D eigenvalue weighted by atomic mass is 16.5. The molecule has 5 heteroatoms. The van der Waals surface area contributed by atoms with E-state index in [1.807, 2.05) is 28.8 Å². The Hall–Kier alpha value is -2.56. The Morgan fingerprint density at radius 3 is 2.79 bits per heavy atom. The first-order valence-electron chi connectivity index (χ1n) is 5.73. The van der Waals surface area contributed by atoms with Crippen molar-refractivity contribution in [3.63, 3.8) is 0 Å². The molecule has 0 saturated carbocycles. The minimum Gasteiger partial charge on any atom is -0.497 e. The van der Waals surface area contributed by atoms with Crippen molar-refractivity contribution in [1.82, 2.24) is 9.55 Å². The van der Waals surface area contributed by atoms with E-state index in [1.54, 1.807) is 19.6 Å². The van der Waals surface area contributed by atoms with E-state index in [0.29, 0.717) is 12.2 Å². The second kappa shape index (κ2) is 5.86. The Balaban J connectivity index is 2.04. The molecule has 0 radical (unpaired) electrons. The van der Waals surface area contributed by atoms with E-state index in [2.05, 4.69) is 4.98 Å². The summed E-state index contributed by atoms with van der Waals surface area (Å²) >= 11 is 0. The summed E-state index contributed by atoms with van der Waals surface area (Å²) in [4.78, 5) is 14.5. The van der Waals surface area contributed by atoms with E-state index in [0.717, 1.165) is 17.4 Å². The number of nitrogens with zero attached hydrogens (tertiary/aromatic N) is 2. The molecule has 0 bridgehead atoms. The third-order valence-corrected chi connectivity index (χ3v) is 2.57. The van der Waals surface area contributed by atoms with Gasteiger partial charge >= 0.3 is 5.97 Å². The molecule has 0 aliphatic heterocycles. The van der Waals surface area contributed by atoms with E-state index >= 15 is 0 Å². The highest BCUT2D eigenvalue weighted by Gasteiger charge is 1.99. The van der Waals surface area contributed by atoms with Crippen LogP contribution in [0.5, 0.6) is 5.75 Å². The lowest BCUT2D eigenvalue weighted by atomic mass is 10.2. The fraction of sp³-hybridized carbons (Fsp3) is 0.143. The second-order valence-electron chi connectivity index (χ2n) is 3.99. The Morgan fingerprint density at radius 1 is 1.42 bits per heavy atom. The van der Waals surface area contributed by atoms with Crippen LogP contribution in [0.15, 0.2) is 42.9 Å². The molecule has 1 aromatic heterocycles. The van der Waals surface area contributed by atoms with E-state index in [9.17, 15) is 4.79 Å². The van der Waals surface area contributed by atoms with Crippen molar-refractivity contribution in [2.75, 3.05) is 7.11 Å². The van der Waals surface area contributed by atoms with Crippen LogP contribution in [0, 0.1) is 0 Å². The molecule has 1 heterocycles. The average Bonchev–Trinajstić information content (AvgIpc) is 2.85. The largest absolute Gasteiger partial charge is 0.497 e. The molecular weight excluding hydrogens is 244 g/mol. The third kappa shape index (κ3) is 3.70. The fourth-order valence-electron chi connectivity index (χ4n) is 1.65. The van der Waals surface area contributed by atoms with Crippen molar-refractivity contribution in [2.45, 2.75) is 6.54 Å². The molecule has 0 atom stereocenters. The smallest absolute Gasteiger partial charge is 0.328 e. The molecule has 2 aromatic rings. The van der Waals surface area contributed by atoms with E-state index < -0.39 is 5.97 Å². The van der Waals surface area contributed by atoms with Crippen molar-refractivity contribution < 1.29 is 14.6 Å². The lowest BCUT2D eigenvalue weighted by molar-refractivity contribution is -0.131. The third-order valence-electron chi connectivity index (χ3n) is 2.57. The first-order valence-corrected chi connectivity index (χ1v) is 5.73. The number of rotatable bonds is 5. The number of hydrogen-bond donors (Lipinski definition) is 1. The summed E-state index contributed by atoms with van der Waals surface area (Å²) in [6.45, 7) is 0.678. The van der Waals surface area contributed by atoms with Crippen LogP contribution in [-0.4, -0.2) is 27.7 Å². The van der Waals surface area contributed by atoms with E-state index in [4.69, 9.17) is 9.84 Å². The lowest BCUT2D eigenvalue weighted by Gasteiger charge is -2.03. The molecule has 1 aromatic carbocycles. The number of aromatic nitrogens is 2. The molecule has 0 aliphatic carbocycles. The van der Waals surface area contributed by atoms with E-state index in [1.165, 1.54) is 6.08 Å². The van der Waals surface area contributed by atoms with Gasteiger partial charge in [0.2, 0.25) is 0 Å². The molecule has 0 fully saturated rings. The number of carbonyl (C=O) groups is 1. The van der Waals surface area contributed by atoms with Gasteiger partial charge in [0, 0.05) is 18.8 Å². The van der Waals surface area contributed by atoms with Gasteiger partial charge in [-0.1, -0.05) is 12.1 Å². The average molecular weight is 258 g/mol. The number of ether oxygens (including phenoxy) is 1. The molecule has 0 aliphatic rings. The summed E-state index contributed by atoms with van der Waals surface area (Å²) in [6.07, 6.45) is 6.00. The van der Waals surface area contributed by atoms with Gasteiger partial charge in [-0.15, -0.1) is 0 Å². The summed E-state index contributed by atoms with van der Waals surface area (Å²) < 4.78 is 6.99. The zero-order chi connectivity index (χ0) is 13.7. The van der Waals surface area contributed by atoms with Crippen LogP contribution in [0.2, 0.25) is 0 Å². The SMILES string of the molecule is COc1ccc(Cn2cnc(/C=C/C(=O)O)c2)cc1. The standard InChI is InChI=1S/C14H14N2O3/c1-19-13-5-2-11(3-6-13)8-16-9-12(15-10-16)4-7-14(17)18/h2-7,9-10H,8H2,1H3,(H,17,18)/b7-4+. The summed E-state index contributed by atoms with van der Waals surface area (Å²) in [5, 5.41) is 8.53. The molecule has 2 rings (SSSR count). The number of hydrogen-bond acceptors (Lipinski definition) is 3. The molecule has 0 spiro atoms. The van der Waals surface area contributed by atoms with Crippen LogP contribution >= 0.6 is 0 Å². The Kier molecular flexibility index (Phi) is 3.97. The van der Waals surface area contributed by atoms with Gasteiger partial charge in [0.15, 0.2) is 0 Å². The number of imidazole rings is 1. The van der Waals surface area contributed by atoms with Crippen LogP contribution in [0.1, 0.15) is 11.3 Å². The topological polar surface area (TPSA) is 64.4 Å². The van der Waals surface area contributed by atoms with Gasteiger partial charge in [-0.05, 0) is 23.8 Å². The quantitative estimate of drug-likeness (QED) is 0.833. The lowest BCUT2D eigenvalue weighted by Crippen LogP contribution is -1.96. The van der Waals surface area contributed by atoms with Crippen molar-refractivity contribution >= 4 is 12.0 Å². The van der Waals surface area contributed by atoms with Crippen molar-refractivity contribution in [2.24, 2.45) is 0 Å². The first-order chi connectivity index (χ1) is 9.17. The number of aliphatic carboxylic acids is 1. The molecule has 1 N–H and O–H groups in total. The van der Waals surface area contributed by atoms with Gasteiger partial charge in [-0.25, -0.2) is 9.78 Å². The Labute approximate surface area is 110 Å². The highest BCUT2D eigenvalue weighted by molar-refractivity contribution is 5.84. The maximum Gasteiger partial charge on any atom is 0.328 e.